The molecule has 0 radical (unpaired) electrons. The normalized spacial score (nSPS) is 18.1. The van der Waals surface area contributed by atoms with Crippen LogP contribution in [0.25, 0.3) is 0 Å². The van der Waals surface area contributed by atoms with Crippen molar-refractivity contribution in [3.05, 3.63) is 48.0 Å². The zero-order valence-corrected chi connectivity index (χ0v) is 16.2. The molecule has 0 atom stereocenters. The van der Waals surface area contributed by atoms with Crippen LogP contribution in [0.2, 0.25) is 0 Å². The second kappa shape index (κ2) is 7.31. The van der Waals surface area contributed by atoms with Crippen LogP contribution in [0, 0.1) is 0 Å². The lowest BCUT2D eigenvalue weighted by Crippen LogP contribution is -2.44. The molecule has 29 heavy (non-hydrogen) atoms. The van der Waals surface area contributed by atoms with E-state index in [1.807, 2.05) is 41.3 Å². The maximum atomic E-state index is 13.0. The quantitative estimate of drug-likeness (QED) is 0.804. The van der Waals surface area contributed by atoms with Crippen LogP contribution in [0.15, 0.2) is 42.5 Å². The Morgan fingerprint density at radius 2 is 1.79 bits per heavy atom. The Morgan fingerprint density at radius 1 is 0.966 bits per heavy atom. The van der Waals surface area contributed by atoms with Gasteiger partial charge in [0, 0.05) is 37.1 Å². The Bertz CT molecular complexity index is 961. The molecule has 150 valence electrons. The van der Waals surface area contributed by atoms with E-state index in [-0.39, 0.29) is 18.5 Å². The highest BCUT2D eigenvalue weighted by molar-refractivity contribution is 6.01. The second-order valence-electron chi connectivity index (χ2n) is 7.46. The molecule has 2 aromatic rings. The fourth-order valence-electron chi connectivity index (χ4n) is 4.21. The summed E-state index contributed by atoms with van der Waals surface area (Å²) in [7, 11) is 0. The molecule has 5 rings (SSSR count). The van der Waals surface area contributed by atoms with Gasteiger partial charge in [-0.3, -0.25) is 9.69 Å². The largest absolute Gasteiger partial charge is 0.486 e. The monoisotopic (exact) mass is 393 g/mol. The first kappa shape index (κ1) is 17.8. The van der Waals surface area contributed by atoms with Crippen molar-refractivity contribution in [1.29, 1.82) is 0 Å². The second-order valence-corrected chi connectivity index (χ2v) is 7.46. The van der Waals surface area contributed by atoms with Gasteiger partial charge in [-0.05, 0) is 36.6 Å². The first-order valence-corrected chi connectivity index (χ1v) is 10.0. The van der Waals surface area contributed by atoms with E-state index in [4.69, 9.17) is 9.47 Å². The topological polar surface area (TPSA) is 62.3 Å². The number of hydrogen-bond acceptors (Lipinski definition) is 4. The lowest BCUT2D eigenvalue weighted by molar-refractivity contribution is -0.119. The third-order valence-corrected chi connectivity index (χ3v) is 5.67. The molecule has 0 aromatic heterocycles. The van der Waals surface area contributed by atoms with E-state index >= 15 is 0 Å². The van der Waals surface area contributed by atoms with Crippen LogP contribution in [0.1, 0.15) is 12.0 Å². The third-order valence-electron chi connectivity index (χ3n) is 5.67. The molecule has 0 N–H and O–H groups in total. The van der Waals surface area contributed by atoms with Gasteiger partial charge in [-0.25, -0.2) is 4.79 Å². The molecule has 1 saturated heterocycles. The molecule has 7 heteroatoms. The van der Waals surface area contributed by atoms with Gasteiger partial charge in [-0.15, -0.1) is 0 Å². The van der Waals surface area contributed by atoms with Gasteiger partial charge in [0.2, 0.25) is 5.91 Å². The van der Waals surface area contributed by atoms with Crippen molar-refractivity contribution in [1.82, 2.24) is 4.90 Å². The number of nitrogens with zero attached hydrogens (tertiary/aromatic N) is 3. The van der Waals surface area contributed by atoms with E-state index in [0.29, 0.717) is 44.3 Å². The van der Waals surface area contributed by atoms with Gasteiger partial charge in [0.25, 0.3) is 0 Å². The van der Waals surface area contributed by atoms with E-state index in [9.17, 15) is 9.59 Å². The predicted molar refractivity (Wildman–Crippen MR) is 109 cm³/mol. The minimum atomic E-state index is -0.152. The highest BCUT2D eigenvalue weighted by Crippen LogP contribution is 2.35. The van der Waals surface area contributed by atoms with Crippen molar-refractivity contribution in [3.8, 4) is 11.5 Å². The highest BCUT2D eigenvalue weighted by Gasteiger charge is 2.33. The fourth-order valence-corrected chi connectivity index (χ4v) is 4.21. The molecule has 3 heterocycles. The number of urea groups is 1. The number of amides is 3. The summed E-state index contributed by atoms with van der Waals surface area (Å²) in [5, 5.41) is 0. The standard InChI is InChI=1S/C22H23N3O4/c26-21(25-9-3-5-16-4-1-2-6-18(16)25)15-23-10-11-24(22(23)27)17-7-8-19-20(14-17)29-13-12-28-19/h1-2,4,6-8,14H,3,5,9-13,15H2. The zero-order valence-electron chi connectivity index (χ0n) is 16.2. The molecule has 3 aliphatic rings. The van der Waals surface area contributed by atoms with Gasteiger partial charge in [-0.2, -0.15) is 0 Å². The first-order chi connectivity index (χ1) is 14.2. The minimum absolute atomic E-state index is 0.0328. The van der Waals surface area contributed by atoms with Crippen LogP contribution < -0.4 is 19.3 Å². The van der Waals surface area contributed by atoms with Gasteiger partial charge in [0.15, 0.2) is 11.5 Å². The molecule has 1 fully saturated rings. The first-order valence-electron chi connectivity index (χ1n) is 10.0. The number of para-hydroxylation sites is 1. The van der Waals surface area contributed by atoms with Crippen molar-refractivity contribution >= 4 is 23.3 Å². The number of carbonyl (C=O) groups is 2. The summed E-state index contributed by atoms with van der Waals surface area (Å²) in [6.45, 7) is 2.89. The van der Waals surface area contributed by atoms with E-state index < -0.39 is 0 Å². The van der Waals surface area contributed by atoms with Gasteiger partial charge >= 0.3 is 6.03 Å². The van der Waals surface area contributed by atoms with Gasteiger partial charge in [0.1, 0.15) is 19.8 Å². The number of carbonyl (C=O) groups excluding carboxylic acids is 2. The van der Waals surface area contributed by atoms with Gasteiger partial charge in [0.05, 0.1) is 0 Å². The lowest BCUT2D eigenvalue weighted by Gasteiger charge is -2.30. The SMILES string of the molecule is O=C1N(CC(=O)N2CCCc3ccccc32)CCN1c1ccc2c(c1)OCCO2. The number of anilines is 2. The summed E-state index contributed by atoms with van der Waals surface area (Å²) >= 11 is 0. The van der Waals surface area contributed by atoms with Crippen LogP contribution in [-0.4, -0.2) is 56.2 Å². The molecule has 0 unspecified atom stereocenters. The number of ether oxygens (including phenoxy) is 2. The molecule has 2 aromatic carbocycles. The highest BCUT2D eigenvalue weighted by atomic mass is 16.6. The molecule has 0 bridgehead atoms. The van der Waals surface area contributed by atoms with Crippen LogP contribution in [0.4, 0.5) is 16.2 Å². The van der Waals surface area contributed by atoms with Crippen molar-refractivity contribution in [2.75, 3.05) is 49.2 Å². The van der Waals surface area contributed by atoms with Crippen LogP contribution >= 0.6 is 0 Å². The summed E-state index contributed by atoms with van der Waals surface area (Å²) in [5.74, 6) is 1.32. The van der Waals surface area contributed by atoms with E-state index in [1.165, 1.54) is 5.56 Å². The average Bonchev–Trinajstić information content (AvgIpc) is 3.13. The average molecular weight is 393 g/mol. The molecule has 7 nitrogen and oxygen atoms in total. The van der Waals surface area contributed by atoms with E-state index in [0.717, 1.165) is 24.2 Å². The molecular weight excluding hydrogens is 370 g/mol. The van der Waals surface area contributed by atoms with Crippen molar-refractivity contribution in [3.63, 3.8) is 0 Å². The Labute approximate surface area is 169 Å². The minimum Gasteiger partial charge on any atom is -0.486 e. The summed E-state index contributed by atoms with van der Waals surface area (Å²) in [6, 6.07) is 13.4. The van der Waals surface area contributed by atoms with Crippen molar-refractivity contribution < 1.29 is 19.1 Å². The molecule has 3 aliphatic heterocycles. The number of rotatable bonds is 3. The summed E-state index contributed by atoms with van der Waals surface area (Å²) in [6.07, 6.45) is 1.93. The van der Waals surface area contributed by atoms with Crippen molar-refractivity contribution in [2.45, 2.75) is 12.8 Å². The Balaban J connectivity index is 1.29. The Kier molecular flexibility index (Phi) is 4.50. The summed E-state index contributed by atoms with van der Waals surface area (Å²) < 4.78 is 11.2. The van der Waals surface area contributed by atoms with E-state index in [1.54, 1.807) is 9.80 Å². The number of benzene rings is 2. The fraction of sp³-hybridized carbons (Fsp3) is 0.364. The predicted octanol–water partition coefficient (Wildman–Crippen LogP) is 2.68. The molecule has 0 saturated carbocycles. The smallest absolute Gasteiger partial charge is 0.325 e. The molecular formula is C22H23N3O4. The van der Waals surface area contributed by atoms with Gasteiger partial charge < -0.3 is 19.3 Å². The third kappa shape index (κ3) is 3.26. The Morgan fingerprint density at radius 3 is 2.69 bits per heavy atom. The van der Waals surface area contributed by atoms with Crippen molar-refractivity contribution in [2.24, 2.45) is 0 Å². The van der Waals surface area contributed by atoms with Crippen LogP contribution in [0.5, 0.6) is 11.5 Å². The maximum Gasteiger partial charge on any atom is 0.325 e. The molecule has 3 amide bonds. The summed E-state index contributed by atoms with van der Waals surface area (Å²) in [4.78, 5) is 31.1. The summed E-state index contributed by atoms with van der Waals surface area (Å²) in [5.41, 5.74) is 2.93. The Hall–Kier alpha value is -3.22. The number of aryl methyl sites for hydroxylation is 1. The number of fused-ring (bicyclic) bond motifs is 2. The zero-order chi connectivity index (χ0) is 19.8. The maximum absolute atomic E-state index is 13.0. The molecule has 0 aliphatic carbocycles. The van der Waals surface area contributed by atoms with Gasteiger partial charge in [-0.1, -0.05) is 18.2 Å². The van der Waals surface area contributed by atoms with Crippen LogP contribution in [0.3, 0.4) is 0 Å². The van der Waals surface area contributed by atoms with E-state index in [2.05, 4.69) is 6.07 Å². The number of hydrogen-bond donors (Lipinski definition) is 0. The van der Waals surface area contributed by atoms with Crippen LogP contribution in [-0.2, 0) is 11.2 Å². The molecule has 0 spiro atoms. The lowest BCUT2D eigenvalue weighted by atomic mass is 10.0.